The number of rotatable bonds is 1. The number of carbonyl (C=O) groups excluding carboxylic acids is 1. The van der Waals surface area contributed by atoms with Crippen LogP contribution >= 0.6 is 0 Å². The fourth-order valence-corrected chi connectivity index (χ4v) is 6.92. The van der Waals surface area contributed by atoms with E-state index in [0.29, 0.717) is 48.2 Å². The van der Waals surface area contributed by atoms with Gasteiger partial charge in [0.15, 0.2) is 5.78 Å². The van der Waals surface area contributed by atoms with Gasteiger partial charge in [0.05, 0.1) is 5.60 Å². The van der Waals surface area contributed by atoms with Gasteiger partial charge in [-0.1, -0.05) is 19.4 Å². The first-order valence-corrected chi connectivity index (χ1v) is 9.41. The Bertz CT molecular complexity index is 556. The van der Waals surface area contributed by atoms with Crippen LogP contribution in [-0.2, 0) is 4.79 Å². The molecule has 0 saturated heterocycles. The average Bonchev–Trinajstić information content (AvgIpc) is 2.79. The first-order valence-electron chi connectivity index (χ1n) is 9.41. The minimum absolute atomic E-state index is 0.261. The summed E-state index contributed by atoms with van der Waals surface area (Å²) in [5.74, 6) is 3.08. The Morgan fingerprint density at radius 1 is 1.30 bits per heavy atom. The third-order valence-corrected chi connectivity index (χ3v) is 8.18. The summed E-state index contributed by atoms with van der Waals surface area (Å²) in [5, 5.41) is 10.9. The van der Waals surface area contributed by atoms with E-state index in [-0.39, 0.29) is 5.41 Å². The lowest BCUT2D eigenvalue weighted by molar-refractivity contribution is -0.135. The number of alkyl halides is 1. The Morgan fingerprint density at radius 2 is 2.09 bits per heavy atom. The molecular weight excluding hydrogens is 291 g/mol. The van der Waals surface area contributed by atoms with E-state index in [0.717, 1.165) is 32.1 Å². The molecule has 23 heavy (non-hydrogen) atoms. The van der Waals surface area contributed by atoms with Gasteiger partial charge in [-0.05, 0) is 74.2 Å². The number of halogens is 1. The highest BCUT2D eigenvalue weighted by atomic mass is 19.1. The maximum absolute atomic E-state index is 13.6. The van der Waals surface area contributed by atoms with Gasteiger partial charge in [0, 0.05) is 11.8 Å². The highest BCUT2D eigenvalue weighted by Crippen LogP contribution is 2.65. The predicted molar refractivity (Wildman–Crippen MR) is 87.6 cm³/mol. The fraction of sp³-hybridized carbons (Fsp3) is 0.850. The molecule has 3 fully saturated rings. The van der Waals surface area contributed by atoms with Crippen LogP contribution in [-0.4, -0.2) is 23.2 Å². The molecule has 2 nitrogen and oxygen atoms in total. The molecule has 0 aromatic carbocycles. The summed E-state index contributed by atoms with van der Waals surface area (Å²) in [6.07, 6.45) is 8.26. The van der Waals surface area contributed by atoms with Crippen molar-refractivity contribution in [1.29, 1.82) is 0 Å². The van der Waals surface area contributed by atoms with Crippen molar-refractivity contribution in [2.45, 2.75) is 64.4 Å². The number of ketones is 1. The molecule has 128 valence electrons. The molecule has 0 unspecified atom stereocenters. The third-order valence-electron chi connectivity index (χ3n) is 8.18. The van der Waals surface area contributed by atoms with Crippen molar-refractivity contribution >= 4 is 5.78 Å². The highest BCUT2D eigenvalue weighted by Gasteiger charge is 2.63. The molecule has 1 N–H and O–H groups in total. The molecule has 0 heterocycles. The van der Waals surface area contributed by atoms with Gasteiger partial charge in [-0.3, -0.25) is 4.79 Å². The normalized spacial score (nSPS) is 52.4. The van der Waals surface area contributed by atoms with E-state index in [2.05, 4.69) is 13.8 Å². The molecule has 0 amide bonds. The second-order valence-electron chi connectivity index (χ2n) is 9.02. The van der Waals surface area contributed by atoms with Gasteiger partial charge in [0.1, 0.15) is 6.67 Å². The zero-order chi connectivity index (χ0) is 16.4. The molecule has 4 aliphatic rings. The van der Waals surface area contributed by atoms with Crippen molar-refractivity contribution in [1.82, 2.24) is 0 Å². The Morgan fingerprint density at radius 3 is 2.83 bits per heavy atom. The van der Waals surface area contributed by atoms with Crippen LogP contribution < -0.4 is 0 Å². The third kappa shape index (κ3) is 2.04. The van der Waals surface area contributed by atoms with Gasteiger partial charge in [0.2, 0.25) is 0 Å². The molecule has 0 spiro atoms. The van der Waals surface area contributed by atoms with Crippen LogP contribution in [0.2, 0.25) is 0 Å². The first kappa shape index (κ1) is 15.8. The summed E-state index contributed by atoms with van der Waals surface area (Å²) >= 11 is 0. The monoisotopic (exact) mass is 320 g/mol. The number of allylic oxidation sites excluding steroid dienone is 1. The molecule has 0 bridgehead atoms. The quantitative estimate of drug-likeness (QED) is 0.790. The Kier molecular flexibility index (Phi) is 3.54. The molecule has 3 saturated carbocycles. The molecule has 0 radical (unpaired) electrons. The van der Waals surface area contributed by atoms with Crippen molar-refractivity contribution in [3.05, 3.63) is 11.6 Å². The lowest BCUT2D eigenvalue weighted by atomic mass is 9.48. The summed E-state index contributed by atoms with van der Waals surface area (Å²) in [5.41, 5.74) is 0.0153. The SMILES string of the molecule is C[C@@H]1CC2=CC(=O)CC[C@@H]2[C@H]2CC[C@@]3(C)[C@@H](CC[C@@]3(O)CF)[C@@H]21. The first-order chi connectivity index (χ1) is 10.9. The zero-order valence-corrected chi connectivity index (χ0v) is 14.4. The van der Waals surface area contributed by atoms with Gasteiger partial charge in [-0.15, -0.1) is 0 Å². The Labute approximate surface area is 138 Å². The summed E-state index contributed by atoms with van der Waals surface area (Å²) < 4.78 is 13.6. The standard InChI is InChI=1S/C20H29FO2/c1-12-9-13-10-14(22)3-4-15(13)16-5-7-19(2)17(18(12)16)6-8-20(19,23)11-21/h10,12,15-18,23H,3-9,11H2,1-2H3/t12-,15+,16-,17+,18-,19+,20-/m1/s1. The van der Waals surface area contributed by atoms with Crippen LogP contribution in [0.4, 0.5) is 4.39 Å². The van der Waals surface area contributed by atoms with Gasteiger partial charge in [-0.2, -0.15) is 0 Å². The van der Waals surface area contributed by atoms with Crippen LogP contribution in [0.1, 0.15) is 58.8 Å². The van der Waals surface area contributed by atoms with Crippen molar-refractivity contribution < 1.29 is 14.3 Å². The van der Waals surface area contributed by atoms with E-state index >= 15 is 0 Å². The van der Waals surface area contributed by atoms with Gasteiger partial charge >= 0.3 is 0 Å². The van der Waals surface area contributed by atoms with Crippen molar-refractivity contribution in [2.24, 2.45) is 35.0 Å². The van der Waals surface area contributed by atoms with Gasteiger partial charge in [-0.25, -0.2) is 4.39 Å². The lowest BCUT2D eigenvalue weighted by Crippen LogP contribution is -2.55. The minimum atomic E-state index is -1.11. The van der Waals surface area contributed by atoms with Gasteiger partial charge < -0.3 is 5.11 Å². The van der Waals surface area contributed by atoms with Crippen molar-refractivity contribution in [3.8, 4) is 0 Å². The zero-order valence-electron chi connectivity index (χ0n) is 14.4. The molecule has 3 heteroatoms. The maximum atomic E-state index is 13.6. The number of hydrogen-bond acceptors (Lipinski definition) is 2. The van der Waals surface area contributed by atoms with Gasteiger partial charge in [0.25, 0.3) is 0 Å². The molecule has 4 rings (SSSR count). The average molecular weight is 320 g/mol. The Balaban J connectivity index is 1.68. The van der Waals surface area contributed by atoms with E-state index in [1.165, 1.54) is 5.57 Å². The fourth-order valence-electron chi connectivity index (χ4n) is 6.92. The van der Waals surface area contributed by atoms with E-state index in [1.807, 2.05) is 6.08 Å². The van der Waals surface area contributed by atoms with Crippen LogP contribution in [0.25, 0.3) is 0 Å². The van der Waals surface area contributed by atoms with E-state index < -0.39 is 12.3 Å². The minimum Gasteiger partial charge on any atom is -0.387 e. The summed E-state index contributed by atoms with van der Waals surface area (Å²) in [6, 6.07) is 0. The second kappa shape index (κ2) is 5.15. The van der Waals surface area contributed by atoms with Crippen molar-refractivity contribution in [3.63, 3.8) is 0 Å². The molecule has 4 aliphatic carbocycles. The molecular formula is C20H29FO2. The van der Waals surface area contributed by atoms with Crippen LogP contribution in [0, 0.1) is 35.0 Å². The van der Waals surface area contributed by atoms with Crippen molar-refractivity contribution in [2.75, 3.05) is 6.67 Å². The number of aliphatic hydroxyl groups is 1. The van der Waals surface area contributed by atoms with E-state index in [9.17, 15) is 14.3 Å². The summed E-state index contributed by atoms with van der Waals surface area (Å²) in [6.45, 7) is 3.85. The second-order valence-corrected chi connectivity index (χ2v) is 9.02. The smallest absolute Gasteiger partial charge is 0.155 e. The molecule has 0 aromatic heterocycles. The predicted octanol–water partition coefficient (Wildman–Crippen LogP) is 4.07. The Hall–Kier alpha value is -0.700. The van der Waals surface area contributed by atoms with E-state index in [1.54, 1.807) is 0 Å². The molecule has 0 aromatic rings. The highest BCUT2D eigenvalue weighted by molar-refractivity contribution is 5.91. The molecule has 7 atom stereocenters. The number of fused-ring (bicyclic) bond motifs is 5. The van der Waals surface area contributed by atoms with E-state index in [4.69, 9.17) is 0 Å². The lowest BCUT2D eigenvalue weighted by Gasteiger charge is -2.57. The molecule has 0 aliphatic heterocycles. The van der Waals surface area contributed by atoms with Crippen LogP contribution in [0.15, 0.2) is 11.6 Å². The number of carbonyl (C=O) groups is 1. The largest absolute Gasteiger partial charge is 0.387 e. The summed E-state index contributed by atoms with van der Waals surface area (Å²) in [4.78, 5) is 11.8. The maximum Gasteiger partial charge on any atom is 0.155 e. The van der Waals surface area contributed by atoms with Crippen LogP contribution in [0.3, 0.4) is 0 Å². The number of hydrogen-bond donors (Lipinski definition) is 1. The topological polar surface area (TPSA) is 37.3 Å². The summed E-state index contributed by atoms with van der Waals surface area (Å²) in [7, 11) is 0. The van der Waals surface area contributed by atoms with Crippen LogP contribution in [0.5, 0.6) is 0 Å².